The Morgan fingerprint density at radius 3 is 2.50 bits per heavy atom. The lowest BCUT2D eigenvalue weighted by atomic mass is 10.0. The third-order valence-corrected chi connectivity index (χ3v) is 3.31. The summed E-state index contributed by atoms with van der Waals surface area (Å²) < 4.78 is 24.8. The molecule has 5 heteroatoms. The SMILES string of the molecule is COc1cccc(C(=O)c2cc(Br)ccc2F)c1OC. The number of hydrogen-bond donors (Lipinski definition) is 0. The lowest BCUT2D eigenvalue weighted by molar-refractivity contribution is 0.103. The lowest BCUT2D eigenvalue weighted by Crippen LogP contribution is -2.07. The summed E-state index contributed by atoms with van der Waals surface area (Å²) in [5.74, 6) is -0.323. The molecule has 0 saturated carbocycles. The summed E-state index contributed by atoms with van der Waals surface area (Å²) >= 11 is 3.23. The van der Waals surface area contributed by atoms with Crippen molar-refractivity contribution in [3.05, 3.63) is 57.8 Å². The standard InChI is InChI=1S/C15H12BrFO3/c1-19-13-5-3-4-10(15(13)20-2)14(18)11-8-9(16)6-7-12(11)17/h3-8H,1-2H3. The summed E-state index contributed by atoms with van der Waals surface area (Å²) in [6.45, 7) is 0. The smallest absolute Gasteiger partial charge is 0.199 e. The minimum Gasteiger partial charge on any atom is -0.493 e. The Kier molecular flexibility index (Phi) is 4.39. The van der Waals surface area contributed by atoms with Crippen LogP contribution in [0.1, 0.15) is 15.9 Å². The molecule has 2 rings (SSSR count). The average molecular weight is 339 g/mol. The van der Waals surface area contributed by atoms with Gasteiger partial charge < -0.3 is 9.47 Å². The van der Waals surface area contributed by atoms with E-state index < -0.39 is 11.6 Å². The van der Waals surface area contributed by atoms with Gasteiger partial charge in [-0.25, -0.2) is 4.39 Å². The van der Waals surface area contributed by atoms with E-state index in [1.165, 1.54) is 32.4 Å². The van der Waals surface area contributed by atoms with Crippen molar-refractivity contribution in [2.75, 3.05) is 14.2 Å². The predicted octanol–water partition coefficient (Wildman–Crippen LogP) is 3.84. The minimum absolute atomic E-state index is 0.0223. The molecule has 0 bridgehead atoms. The topological polar surface area (TPSA) is 35.5 Å². The van der Waals surface area contributed by atoms with Crippen molar-refractivity contribution in [2.24, 2.45) is 0 Å². The monoisotopic (exact) mass is 338 g/mol. The Balaban J connectivity index is 2.56. The first-order chi connectivity index (χ1) is 9.58. The summed E-state index contributed by atoms with van der Waals surface area (Å²) in [4.78, 5) is 12.5. The van der Waals surface area contributed by atoms with Gasteiger partial charge in [0.25, 0.3) is 0 Å². The Bertz CT molecular complexity index is 656. The van der Waals surface area contributed by atoms with Gasteiger partial charge in [-0.2, -0.15) is 0 Å². The molecule has 0 N–H and O–H groups in total. The number of halogens is 2. The zero-order chi connectivity index (χ0) is 14.7. The van der Waals surface area contributed by atoms with Gasteiger partial charge in [0.2, 0.25) is 0 Å². The zero-order valence-corrected chi connectivity index (χ0v) is 12.5. The molecule has 0 atom stereocenters. The third kappa shape index (κ3) is 2.67. The highest BCUT2D eigenvalue weighted by atomic mass is 79.9. The van der Waals surface area contributed by atoms with Gasteiger partial charge in [-0.05, 0) is 30.3 Å². The number of para-hydroxylation sites is 1. The molecule has 0 spiro atoms. The molecule has 20 heavy (non-hydrogen) atoms. The number of rotatable bonds is 4. The van der Waals surface area contributed by atoms with Crippen molar-refractivity contribution in [3.63, 3.8) is 0 Å². The van der Waals surface area contributed by atoms with Crippen molar-refractivity contribution in [3.8, 4) is 11.5 Å². The van der Waals surface area contributed by atoms with Crippen molar-refractivity contribution in [2.45, 2.75) is 0 Å². The number of ether oxygens (including phenoxy) is 2. The Hall–Kier alpha value is -1.88. The molecular formula is C15H12BrFO3. The van der Waals surface area contributed by atoms with Crippen LogP contribution in [0.15, 0.2) is 40.9 Å². The first-order valence-corrected chi connectivity index (χ1v) is 6.58. The first kappa shape index (κ1) is 14.5. The van der Waals surface area contributed by atoms with Gasteiger partial charge in [-0.3, -0.25) is 4.79 Å². The fourth-order valence-corrected chi connectivity index (χ4v) is 2.24. The molecule has 0 heterocycles. The van der Waals surface area contributed by atoms with E-state index in [1.807, 2.05) is 0 Å². The molecule has 0 fully saturated rings. The van der Waals surface area contributed by atoms with Crippen LogP contribution < -0.4 is 9.47 Å². The molecule has 3 nitrogen and oxygen atoms in total. The van der Waals surface area contributed by atoms with Crippen molar-refractivity contribution >= 4 is 21.7 Å². The summed E-state index contributed by atoms with van der Waals surface area (Å²) in [7, 11) is 2.91. The maximum absolute atomic E-state index is 13.8. The molecule has 104 valence electrons. The molecule has 2 aromatic carbocycles. The van der Waals surface area contributed by atoms with Gasteiger partial charge in [-0.1, -0.05) is 22.0 Å². The van der Waals surface area contributed by atoms with Crippen LogP contribution in [0.2, 0.25) is 0 Å². The van der Waals surface area contributed by atoms with Gasteiger partial charge in [-0.15, -0.1) is 0 Å². The van der Waals surface area contributed by atoms with E-state index in [4.69, 9.17) is 9.47 Å². The number of carbonyl (C=O) groups excluding carboxylic acids is 1. The number of methoxy groups -OCH3 is 2. The van der Waals surface area contributed by atoms with Gasteiger partial charge in [0.1, 0.15) is 5.82 Å². The van der Waals surface area contributed by atoms with Gasteiger partial charge >= 0.3 is 0 Å². The molecule has 0 aliphatic carbocycles. The fourth-order valence-electron chi connectivity index (χ4n) is 1.88. The van der Waals surface area contributed by atoms with Crippen LogP contribution in [0.25, 0.3) is 0 Å². The van der Waals surface area contributed by atoms with E-state index in [0.29, 0.717) is 16.0 Å². The van der Waals surface area contributed by atoms with Crippen LogP contribution in [0.3, 0.4) is 0 Å². The van der Waals surface area contributed by atoms with Crippen LogP contribution in [0.4, 0.5) is 4.39 Å². The summed E-state index contributed by atoms with van der Waals surface area (Å²) in [5.41, 5.74) is 0.231. The molecule has 0 aliphatic heterocycles. The molecule has 0 aromatic heterocycles. The van der Waals surface area contributed by atoms with E-state index in [1.54, 1.807) is 18.2 Å². The largest absolute Gasteiger partial charge is 0.493 e. The average Bonchev–Trinajstić information content (AvgIpc) is 2.48. The molecular weight excluding hydrogens is 327 g/mol. The first-order valence-electron chi connectivity index (χ1n) is 5.79. The minimum atomic E-state index is -0.580. The van der Waals surface area contributed by atoms with E-state index in [0.717, 1.165) is 0 Å². The van der Waals surface area contributed by atoms with Crippen molar-refractivity contribution < 1.29 is 18.7 Å². The molecule has 0 amide bonds. The van der Waals surface area contributed by atoms with Crippen molar-refractivity contribution in [1.29, 1.82) is 0 Å². The number of carbonyl (C=O) groups is 1. The van der Waals surface area contributed by atoms with Crippen LogP contribution in [-0.2, 0) is 0 Å². The normalized spacial score (nSPS) is 10.2. The van der Waals surface area contributed by atoms with Crippen LogP contribution in [0.5, 0.6) is 11.5 Å². The maximum atomic E-state index is 13.8. The number of ketones is 1. The molecule has 0 aliphatic rings. The van der Waals surface area contributed by atoms with Crippen molar-refractivity contribution in [1.82, 2.24) is 0 Å². The molecule has 0 radical (unpaired) electrons. The highest BCUT2D eigenvalue weighted by molar-refractivity contribution is 9.10. The molecule has 0 saturated heterocycles. The lowest BCUT2D eigenvalue weighted by Gasteiger charge is -2.12. The second-order valence-electron chi connectivity index (χ2n) is 3.99. The maximum Gasteiger partial charge on any atom is 0.199 e. The summed E-state index contributed by atoms with van der Waals surface area (Å²) in [6.07, 6.45) is 0. The van der Waals surface area contributed by atoms with Crippen LogP contribution in [-0.4, -0.2) is 20.0 Å². The number of benzene rings is 2. The van der Waals surface area contributed by atoms with E-state index in [-0.39, 0.29) is 11.1 Å². The highest BCUT2D eigenvalue weighted by Crippen LogP contribution is 2.32. The number of hydrogen-bond acceptors (Lipinski definition) is 3. The quantitative estimate of drug-likeness (QED) is 0.794. The Morgan fingerprint density at radius 1 is 1.10 bits per heavy atom. The van der Waals surface area contributed by atoms with Gasteiger partial charge in [0.15, 0.2) is 17.3 Å². The Morgan fingerprint density at radius 2 is 1.85 bits per heavy atom. The van der Waals surface area contributed by atoms with E-state index in [2.05, 4.69) is 15.9 Å². The van der Waals surface area contributed by atoms with Gasteiger partial charge in [0.05, 0.1) is 25.3 Å². The van der Waals surface area contributed by atoms with Crippen LogP contribution >= 0.6 is 15.9 Å². The summed E-state index contributed by atoms with van der Waals surface area (Å²) in [5, 5.41) is 0. The van der Waals surface area contributed by atoms with E-state index >= 15 is 0 Å². The Labute approximate surface area is 124 Å². The van der Waals surface area contributed by atoms with Crippen LogP contribution in [0, 0.1) is 5.82 Å². The zero-order valence-electron chi connectivity index (χ0n) is 10.9. The highest BCUT2D eigenvalue weighted by Gasteiger charge is 2.20. The predicted molar refractivity (Wildman–Crippen MR) is 77.1 cm³/mol. The third-order valence-electron chi connectivity index (χ3n) is 2.82. The van der Waals surface area contributed by atoms with E-state index in [9.17, 15) is 9.18 Å². The molecule has 0 unspecified atom stereocenters. The molecule has 2 aromatic rings. The second-order valence-corrected chi connectivity index (χ2v) is 4.91. The van der Waals surface area contributed by atoms with Gasteiger partial charge in [0, 0.05) is 4.47 Å². The second kappa shape index (κ2) is 6.05. The fraction of sp³-hybridized carbons (Fsp3) is 0.133. The summed E-state index contributed by atoms with van der Waals surface area (Å²) in [6, 6.07) is 9.12.